The van der Waals surface area contributed by atoms with Crippen LogP contribution in [0.5, 0.6) is 0 Å². The van der Waals surface area contributed by atoms with Gasteiger partial charge in [0.05, 0.1) is 0 Å². The highest BCUT2D eigenvalue weighted by Crippen LogP contribution is 2.29. The fourth-order valence-corrected chi connectivity index (χ4v) is 2.83. The zero-order chi connectivity index (χ0) is 13.8. The molecule has 1 heterocycles. The van der Waals surface area contributed by atoms with Gasteiger partial charge in [0.1, 0.15) is 11.4 Å². The van der Waals surface area contributed by atoms with Crippen LogP contribution in [0.25, 0.3) is 0 Å². The Hall–Kier alpha value is -1.58. The molecule has 0 radical (unpaired) electrons. The van der Waals surface area contributed by atoms with Crippen molar-refractivity contribution in [3.8, 4) is 0 Å². The summed E-state index contributed by atoms with van der Waals surface area (Å²) < 4.78 is 0. The first kappa shape index (κ1) is 13.8. The van der Waals surface area contributed by atoms with Gasteiger partial charge in [-0.25, -0.2) is 9.78 Å². The Morgan fingerprint density at radius 1 is 1.47 bits per heavy atom. The molecule has 1 saturated carbocycles. The van der Waals surface area contributed by atoms with Crippen LogP contribution in [-0.4, -0.2) is 22.1 Å². The molecule has 0 bridgehead atoms. The number of carbonyl (C=O) groups is 1. The van der Waals surface area contributed by atoms with Gasteiger partial charge in [-0.15, -0.1) is 0 Å². The number of hydrogen-bond acceptors (Lipinski definition) is 3. The molecule has 0 spiro atoms. The summed E-state index contributed by atoms with van der Waals surface area (Å²) in [6.07, 6.45) is 5.92. The Kier molecular flexibility index (Phi) is 4.40. The van der Waals surface area contributed by atoms with Crippen molar-refractivity contribution < 1.29 is 9.90 Å². The van der Waals surface area contributed by atoms with Crippen molar-refractivity contribution in [1.29, 1.82) is 0 Å². The SMILES string of the molecule is CCC1CCCC(Nc2nc(C)ccc2C(=O)O)C1. The molecule has 4 nitrogen and oxygen atoms in total. The molecule has 0 aromatic carbocycles. The van der Waals surface area contributed by atoms with Crippen molar-refractivity contribution in [2.45, 2.75) is 52.0 Å². The zero-order valence-electron chi connectivity index (χ0n) is 11.6. The first-order chi connectivity index (χ1) is 9.10. The molecule has 104 valence electrons. The van der Waals surface area contributed by atoms with E-state index in [0.29, 0.717) is 11.9 Å². The van der Waals surface area contributed by atoms with E-state index in [4.69, 9.17) is 0 Å². The van der Waals surface area contributed by atoms with Gasteiger partial charge in [-0.2, -0.15) is 0 Å². The van der Waals surface area contributed by atoms with Crippen LogP contribution in [0.4, 0.5) is 5.82 Å². The van der Waals surface area contributed by atoms with E-state index in [9.17, 15) is 9.90 Å². The Bertz CT molecular complexity index is 459. The van der Waals surface area contributed by atoms with Crippen LogP contribution in [0.3, 0.4) is 0 Å². The maximum Gasteiger partial charge on any atom is 0.339 e. The summed E-state index contributed by atoms with van der Waals surface area (Å²) in [7, 11) is 0. The fourth-order valence-electron chi connectivity index (χ4n) is 2.83. The van der Waals surface area contributed by atoms with Gasteiger partial charge >= 0.3 is 5.97 Å². The lowest BCUT2D eigenvalue weighted by atomic mass is 9.84. The molecule has 0 saturated heterocycles. The second-order valence-electron chi connectivity index (χ2n) is 5.44. The van der Waals surface area contributed by atoms with Gasteiger partial charge in [0.15, 0.2) is 0 Å². The Morgan fingerprint density at radius 3 is 2.95 bits per heavy atom. The predicted octanol–water partition coefficient (Wildman–Crippen LogP) is 3.47. The Labute approximate surface area is 114 Å². The lowest BCUT2D eigenvalue weighted by molar-refractivity contribution is 0.0697. The van der Waals surface area contributed by atoms with E-state index in [1.165, 1.54) is 19.3 Å². The summed E-state index contributed by atoms with van der Waals surface area (Å²) in [6, 6.07) is 3.73. The number of anilines is 1. The molecule has 2 rings (SSSR count). The molecular weight excluding hydrogens is 240 g/mol. The van der Waals surface area contributed by atoms with E-state index >= 15 is 0 Å². The molecule has 2 unspecified atom stereocenters. The van der Waals surface area contributed by atoms with Crippen molar-refractivity contribution in [2.75, 3.05) is 5.32 Å². The number of rotatable bonds is 4. The van der Waals surface area contributed by atoms with Gasteiger partial charge in [0.25, 0.3) is 0 Å². The highest BCUT2D eigenvalue weighted by Gasteiger charge is 2.22. The molecule has 1 aromatic rings. The van der Waals surface area contributed by atoms with Crippen molar-refractivity contribution in [3.05, 3.63) is 23.4 Å². The maximum absolute atomic E-state index is 11.2. The normalized spacial score (nSPS) is 23.1. The van der Waals surface area contributed by atoms with Crippen LogP contribution >= 0.6 is 0 Å². The molecular formula is C15H22N2O2. The largest absolute Gasteiger partial charge is 0.478 e. The summed E-state index contributed by atoms with van der Waals surface area (Å²) in [5, 5.41) is 12.5. The summed E-state index contributed by atoms with van der Waals surface area (Å²) in [4.78, 5) is 15.6. The number of carboxylic acids is 1. The van der Waals surface area contributed by atoms with Gasteiger partial charge in [-0.05, 0) is 37.8 Å². The molecule has 2 atom stereocenters. The predicted molar refractivity (Wildman–Crippen MR) is 75.6 cm³/mol. The van der Waals surface area contributed by atoms with E-state index < -0.39 is 5.97 Å². The van der Waals surface area contributed by atoms with Crippen molar-refractivity contribution in [1.82, 2.24) is 4.98 Å². The van der Waals surface area contributed by atoms with Crippen LogP contribution in [0.2, 0.25) is 0 Å². The maximum atomic E-state index is 11.2. The first-order valence-electron chi connectivity index (χ1n) is 7.07. The fraction of sp³-hybridized carbons (Fsp3) is 0.600. The number of pyridine rings is 1. The van der Waals surface area contributed by atoms with Crippen LogP contribution in [0.1, 0.15) is 55.1 Å². The molecule has 1 aliphatic carbocycles. The lowest BCUT2D eigenvalue weighted by Crippen LogP contribution is -2.28. The van der Waals surface area contributed by atoms with E-state index in [0.717, 1.165) is 24.5 Å². The number of aromatic carboxylic acids is 1. The Balaban J connectivity index is 2.13. The number of nitrogens with zero attached hydrogens (tertiary/aromatic N) is 1. The van der Waals surface area contributed by atoms with Crippen molar-refractivity contribution in [2.24, 2.45) is 5.92 Å². The van der Waals surface area contributed by atoms with Gasteiger partial charge in [-0.1, -0.05) is 26.2 Å². The molecule has 1 fully saturated rings. The number of hydrogen-bond donors (Lipinski definition) is 2. The van der Waals surface area contributed by atoms with Crippen LogP contribution in [-0.2, 0) is 0 Å². The van der Waals surface area contributed by atoms with Gasteiger partial charge < -0.3 is 10.4 Å². The van der Waals surface area contributed by atoms with Gasteiger partial charge in [0.2, 0.25) is 0 Å². The van der Waals surface area contributed by atoms with Crippen LogP contribution < -0.4 is 5.32 Å². The number of aromatic nitrogens is 1. The highest BCUT2D eigenvalue weighted by atomic mass is 16.4. The summed E-state index contributed by atoms with van der Waals surface area (Å²) >= 11 is 0. The number of carboxylic acid groups (broad SMARTS) is 1. The van der Waals surface area contributed by atoms with E-state index in [2.05, 4.69) is 17.2 Å². The summed E-state index contributed by atoms with van der Waals surface area (Å²) in [6.45, 7) is 4.10. The molecule has 1 aromatic heterocycles. The molecule has 1 aliphatic rings. The zero-order valence-corrected chi connectivity index (χ0v) is 11.6. The van der Waals surface area contributed by atoms with E-state index in [1.54, 1.807) is 12.1 Å². The average molecular weight is 262 g/mol. The Morgan fingerprint density at radius 2 is 2.26 bits per heavy atom. The molecule has 0 aliphatic heterocycles. The molecule has 4 heteroatoms. The molecule has 2 N–H and O–H groups in total. The van der Waals surface area contributed by atoms with Gasteiger partial charge in [-0.3, -0.25) is 0 Å². The van der Waals surface area contributed by atoms with Crippen molar-refractivity contribution in [3.63, 3.8) is 0 Å². The second-order valence-corrected chi connectivity index (χ2v) is 5.44. The molecule has 19 heavy (non-hydrogen) atoms. The average Bonchev–Trinajstić information content (AvgIpc) is 2.38. The second kappa shape index (κ2) is 6.04. The van der Waals surface area contributed by atoms with E-state index in [-0.39, 0.29) is 5.56 Å². The summed E-state index contributed by atoms with van der Waals surface area (Å²) in [5.41, 5.74) is 1.11. The van der Waals surface area contributed by atoms with Crippen LogP contribution in [0, 0.1) is 12.8 Å². The smallest absolute Gasteiger partial charge is 0.339 e. The van der Waals surface area contributed by atoms with Gasteiger partial charge in [0, 0.05) is 11.7 Å². The monoisotopic (exact) mass is 262 g/mol. The third-order valence-corrected chi connectivity index (χ3v) is 3.97. The highest BCUT2D eigenvalue weighted by molar-refractivity contribution is 5.93. The minimum atomic E-state index is -0.919. The standard InChI is InChI=1S/C15H22N2O2/c1-3-11-5-4-6-12(9-11)17-14-13(15(18)19)8-7-10(2)16-14/h7-8,11-12H,3-6,9H2,1-2H3,(H,16,17)(H,18,19). The first-order valence-corrected chi connectivity index (χ1v) is 7.07. The third kappa shape index (κ3) is 3.46. The van der Waals surface area contributed by atoms with Crippen LogP contribution in [0.15, 0.2) is 12.1 Å². The lowest BCUT2D eigenvalue weighted by Gasteiger charge is -2.29. The third-order valence-electron chi connectivity index (χ3n) is 3.97. The minimum absolute atomic E-state index is 0.268. The van der Waals surface area contributed by atoms with E-state index in [1.807, 2.05) is 6.92 Å². The molecule has 0 amide bonds. The number of aryl methyl sites for hydroxylation is 1. The summed E-state index contributed by atoms with van der Waals surface area (Å²) in [5.74, 6) is 0.358. The number of nitrogens with one attached hydrogen (secondary N) is 1. The topological polar surface area (TPSA) is 62.2 Å². The van der Waals surface area contributed by atoms with Crippen molar-refractivity contribution >= 4 is 11.8 Å². The quantitative estimate of drug-likeness (QED) is 0.872. The minimum Gasteiger partial charge on any atom is -0.478 e.